The minimum Gasteiger partial charge on any atom is -0.452 e. The predicted molar refractivity (Wildman–Crippen MR) is 74.1 cm³/mol. The minimum absolute atomic E-state index is 0.00243. The van der Waals surface area contributed by atoms with Crippen LogP contribution in [0.5, 0.6) is 0 Å². The molecule has 20 heavy (non-hydrogen) atoms. The highest BCUT2D eigenvalue weighted by Crippen LogP contribution is 2.15. The molecule has 0 heterocycles. The number of primary amides is 1. The average Bonchev–Trinajstić information content (AvgIpc) is 2.36. The molecule has 1 atom stereocenters. The zero-order valence-corrected chi connectivity index (χ0v) is 12.9. The smallest absolute Gasteiger partial charge is 0.321 e. The lowest BCUT2D eigenvalue weighted by Gasteiger charge is -2.10. The largest absolute Gasteiger partial charge is 0.452 e. The molecule has 0 saturated carbocycles. The average molecular weight is 365 g/mol. The second-order valence-corrected chi connectivity index (χ2v) is 6.50. The van der Waals surface area contributed by atoms with E-state index in [9.17, 15) is 18.0 Å². The first kappa shape index (κ1) is 16.6. The topological polar surface area (TPSA) is 116 Å². The molecule has 110 valence electrons. The molecule has 1 aromatic carbocycles. The van der Waals surface area contributed by atoms with Gasteiger partial charge in [0, 0.05) is 4.47 Å². The Morgan fingerprint density at radius 1 is 1.45 bits per heavy atom. The number of nitrogens with one attached hydrogen (secondary N) is 1. The molecule has 7 nitrogen and oxygen atoms in total. The van der Waals surface area contributed by atoms with Crippen LogP contribution in [0.4, 0.5) is 0 Å². The number of rotatable bonds is 6. The summed E-state index contributed by atoms with van der Waals surface area (Å²) in [5.41, 5.74) is 4.91. The summed E-state index contributed by atoms with van der Waals surface area (Å²) in [7, 11) is -3.83. The van der Waals surface area contributed by atoms with E-state index in [-0.39, 0.29) is 4.90 Å². The lowest BCUT2D eigenvalue weighted by molar-refractivity contribution is -0.152. The number of benzene rings is 1. The highest BCUT2D eigenvalue weighted by molar-refractivity contribution is 9.10. The number of amides is 1. The number of sulfonamides is 1. The molecule has 0 aliphatic rings. The minimum atomic E-state index is -3.83. The van der Waals surface area contributed by atoms with Crippen molar-refractivity contribution >= 4 is 37.8 Å². The molecule has 0 saturated heterocycles. The molecule has 0 radical (unpaired) electrons. The summed E-state index contributed by atoms with van der Waals surface area (Å²) in [6.07, 6.45) is -1.11. The highest BCUT2D eigenvalue weighted by atomic mass is 79.9. The van der Waals surface area contributed by atoms with Gasteiger partial charge in [0.25, 0.3) is 5.91 Å². The van der Waals surface area contributed by atoms with Crippen molar-refractivity contribution in [3.8, 4) is 0 Å². The molecule has 1 aromatic rings. The molecular formula is C11H13BrN2O5S. The number of hydrogen-bond acceptors (Lipinski definition) is 5. The first-order valence-electron chi connectivity index (χ1n) is 5.46. The van der Waals surface area contributed by atoms with Gasteiger partial charge >= 0.3 is 5.97 Å². The molecule has 1 rings (SSSR count). The van der Waals surface area contributed by atoms with Gasteiger partial charge in [0.05, 0.1) is 4.90 Å². The Labute approximate surface area is 124 Å². The Morgan fingerprint density at radius 3 is 2.65 bits per heavy atom. The highest BCUT2D eigenvalue weighted by Gasteiger charge is 2.19. The van der Waals surface area contributed by atoms with Crippen LogP contribution < -0.4 is 10.5 Å². The second-order valence-electron chi connectivity index (χ2n) is 3.82. The molecule has 0 aliphatic heterocycles. The lowest BCUT2D eigenvalue weighted by Crippen LogP contribution is -2.36. The lowest BCUT2D eigenvalue weighted by atomic mass is 10.4. The summed E-state index contributed by atoms with van der Waals surface area (Å²) in [5, 5.41) is 0. The first-order chi connectivity index (χ1) is 9.22. The van der Waals surface area contributed by atoms with E-state index < -0.39 is 34.5 Å². The molecule has 0 spiro atoms. The predicted octanol–water partition coefficient (Wildman–Crippen LogP) is 0.144. The molecule has 0 unspecified atom stereocenters. The quantitative estimate of drug-likeness (QED) is 0.696. The third kappa shape index (κ3) is 4.91. The number of carbonyl (C=O) groups is 2. The van der Waals surface area contributed by atoms with E-state index in [1.165, 1.54) is 19.1 Å². The van der Waals surface area contributed by atoms with Crippen LogP contribution in [0.15, 0.2) is 33.6 Å². The third-order valence-corrected chi connectivity index (χ3v) is 4.11. The van der Waals surface area contributed by atoms with Crippen LogP contribution in [0.25, 0.3) is 0 Å². The van der Waals surface area contributed by atoms with Gasteiger partial charge in [0.2, 0.25) is 10.0 Å². The van der Waals surface area contributed by atoms with Crippen LogP contribution in [0.2, 0.25) is 0 Å². The fraction of sp³-hybridized carbons (Fsp3) is 0.273. The number of nitrogens with two attached hydrogens (primary N) is 1. The zero-order chi connectivity index (χ0) is 15.3. The third-order valence-electron chi connectivity index (χ3n) is 2.22. The zero-order valence-electron chi connectivity index (χ0n) is 10.5. The van der Waals surface area contributed by atoms with Crippen molar-refractivity contribution in [1.29, 1.82) is 0 Å². The number of ether oxygens (including phenoxy) is 1. The van der Waals surface area contributed by atoms with Crippen LogP contribution in [-0.4, -0.2) is 32.9 Å². The van der Waals surface area contributed by atoms with E-state index in [0.717, 1.165) is 0 Å². The Morgan fingerprint density at radius 2 is 2.10 bits per heavy atom. The first-order valence-corrected chi connectivity index (χ1v) is 7.74. The maximum absolute atomic E-state index is 11.9. The van der Waals surface area contributed by atoms with Crippen molar-refractivity contribution in [2.24, 2.45) is 5.73 Å². The van der Waals surface area contributed by atoms with E-state index in [1.807, 2.05) is 0 Å². The number of halogens is 1. The van der Waals surface area contributed by atoms with Gasteiger partial charge in [-0.25, -0.2) is 8.42 Å². The van der Waals surface area contributed by atoms with Crippen molar-refractivity contribution in [3.63, 3.8) is 0 Å². The molecule has 0 aromatic heterocycles. The molecule has 0 fully saturated rings. The van der Waals surface area contributed by atoms with Crippen molar-refractivity contribution < 1.29 is 22.7 Å². The van der Waals surface area contributed by atoms with Gasteiger partial charge in [0.15, 0.2) is 6.10 Å². The van der Waals surface area contributed by atoms with Crippen molar-refractivity contribution in [2.75, 3.05) is 6.54 Å². The normalized spacial score (nSPS) is 12.7. The van der Waals surface area contributed by atoms with Crippen LogP contribution in [0.1, 0.15) is 6.92 Å². The molecular weight excluding hydrogens is 352 g/mol. The van der Waals surface area contributed by atoms with E-state index in [0.29, 0.717) is 4.47 Å². The van der Waals surface area contributed by atoms with Crippen LogP contribution in [0, 0.1) is 0 Å². The van der Waals surface area contributed by atoms with Crippen molar-refractivity contribution in [3.05, 3.63) is 28.7 Å². The summed E-state index contributed by atoms with van der Waals surface area (Å²) in [5.74, 6) is -1.71. The van der Waals surface area contributed by atoms with Gasteiger partial charge in [0.1, 0.15) is 6.54 Å². The summed E-state index contributed by atoms with van der Waals surface area (Å²) in [4.78, 5) is 22.0. The maximum Gasteiger partial charge on any atom is 0.321 e. The van der Waals surface area contributed by atoms with Gasteiger partial charge in [-0.2, -0.15) is 4.72 Å². The SMILES string of the molecule is C[C@@H](OC(=O)CNS(=O)(=O)c1cccc(Br)c1)C(N)=O. The molecule has 1 amide bonds. The van der Waals surface area contributed by atoms with Crippen LogP contribution in [-0.2, 0) is 24.3 Å². The van der Waals surface area contributed by atoms with Gasteiger partial charge in [-0.3, -0.25) is 9.59 Å². The van der Waals surface area contributed by atoms with E-state index >= 15 is 0 Å². The van der Waals surface area contributed by atoms with Crippen LogP contribution >= 0.6 is 15.9 Å². The molecule has 0 aliphatic carbocycles. The van der Waals surface area contributed by atoms with Gasteiger partial charge < -0.3 is 10.5 Å². The maximum atomic E-state index is 11.9. The Balaban J connectivity index is 2.65. The van der Waals surface area contributed by atoms with Crippen LogP contribution in [0.3, 0.4) is 0 Å². The summed E-state index contributed by atoms with van der Waals surface area (Å²) >= 11 is 3.15. The Hall–Kier alpha value is -1.45. The van der Waals surface area contributed by atoms with E-state index in [4.69, 9.17) is 5.73 Å². The standard InChI is InChI=1S/C11H13BrN2O5S/c1-7(11(13)16)19-10(15)6-14-20(17,18)9-4-2-3-8(12)5-9/h2-5,7,14H,6H2,1H3,(H2,13,16)/t7-/m1/s1. The fourth-order valence-electron chi connectivity index (χ4n) is 1.17. The molecule has 9 heteroatoms. The summed E-state index contributed by atoms with van der Waals surface area (Å²) < 4.78 is 31.0. The summed E-state index contributed by atoms with van der Waals surface area (Å²) in [6.45, 7) is 0.704. The monoisotopic (exact) mass is 364 g/mol. The van der Waals surface area contributed by atoms with Gasteiger partial charge in [-0.1, -0.05) is 22.0 Å². The number of carbonyl (C=O) groups excluding carboxylic acids is 2. The van der Waals surface area contributed by atoms with Crippen molar-refractivity contribution in [1.82, 2.24) is 4.72 Å². The number of hydrogen-bond donors (Lipinski definition) is 2. The summed E-state index contributed by atoms with van der Waals surface area (Å²) in [6, 6.07) is 5.98. The van der Waals surface area contributed by atoms with E-state index in [1.54, 1.807) is 12.1 Å². The fourth-order valence-corrected chi connectivity index (χ4v) is 2.73. The van der Waals surface area contributed by atoms with E-state index in [2.05, 4.69) is 25.4 Å². The van der Waals surface area contributed by atoms with Gasteiger partial charge in [-0.15, -0.1) is 0 Å². The molecule has 3 N–H and O–H groups in total. The number of esters is 1. The molecule has 0 bridgehead atoms. The van der Waals surface area contributed by atoms with Crippen molar-refractivity contribution in [2.45, 2.75) is 17.9 Å². The van der Waals surface area contributed by atoms with Gasteiger partial charge in [-0.05, 0) is 25.1 Å². The second kappa shape index (κ2) is 6.82. The Kier molecular flexibility index (Phi) is 5.66. The Bertz CT molecular complexity index is 617.